The Balaban J connectivity index is 2.21. The Morgan fingerprint density at radius 1 is 1.43 bits per heavy atom. The van der Waals surface area contributed by atoms with Crippen LogP contribution in [0.3, 0.4) is 0 Å². The van der Waals surface area contributed by atoms with Crippen LogP contribution in [-0.2, 0) is 14.3 Å². The maximum Gasteiger partial charge on any atom is 0.336 e. The SMILES string of the molecule is COC(=O)C1=C2CCCCCC2OC1. The second-order valence-electron chi connectivity index (χ2n) is 3.89. The van der Waals surface area contributed by atoms with E-state index in [0.717, 1.165) is 18.4 Å². The Kier molecular flexibility index (Phi) is 2.87. The van der Waals surface area contributed by atoms with Crippen LogP contribution >= 0.6 is 0 Å². The van der Waals surface area contributed by atoms with E-state index in [4.69, 9.17) is 9.47 Å². The molecule has 2 aliphatic rings. The molecule has 0 radical (unpaired) electrons. The summed E-state index contributed by atoms with van der Waals surface area (Å²) >= 11 is 0. The first-order valence-electron chi connectivity index (χ1n) is 5.24. The Bertz CT molecular complexity index is 268. The summed E-state index contributed by atoms with van der Waals surface area (Å²) in [6.45, 7) is 0.451. The average Bonchev–Trinajstić information content (AvgIpc) is 2.46. The fourth-order valence-corrected chi connectivity index (χ4v) is 2.28. The molecule has 0 saturated heterocycles. The summed E-state index contributed by atoms with van der Waals surface area (Å²) in [5.41, 5.74) is 1.98. The molecule has 2 rings (SSSR count). The van der Waals surface area contributed by atoms with Crippen molar-refractivity contribution >= 4 is 5.97 Å². The summed E-state index contributed by atoms with van der Waals surface area (Å²) in [7, 11) is 1.43. The average molecular weight is 196 g/mol. The molecule has 0 aromatic heterocycles. The number of methoxy groups -OCH3 is 1. The molecule has 78 valence electrons. The maximum absolute atomic E-state index is 11.4. The van der Waals surface area contributed by atoms with Gasteiger partial charge in [-0.15, -0.1) is 0 Å². The predicted molar refractivity (Wildman–Crippen MR) is 51.9 cm³/mol. The zero-order valence-electron chi connectivity index (χ0n) is 8.54. The van der Waals surface area contributed by atoms with Gasteiger partial charge in [-0.2, -0.15) is 0 Å². The van der Waals surface area contributed by atoms with Gasteiger partial charge in [0.05, 0.1) is 25.4 Å². The largest absolute Gasteiger partial charge is 0.466 e. The highest BCUT2D eigenvalue weighted by Crippen LogP contribution is 2.32. The molecule has 0 spiro atoms. The third-order valence-corrected chi connectivity index (χ3v) is 3.05. The van der Waals surface area contributed by atoms with Crippen molar-refractivity contribution in [1.82, 2.24) is 0 Å². The van der Waals surface area contributed by atoms with Gasteiger partial charge in [-0.1, -0.05) is 12.8 Å². The van der Waals surface area contributed by atoms with Gasteiger partial charge in [-0.05, 0) is 24.8 Å². The van der Waals surface area contributed by atoms with Gasteiger partial charge >= 0.3 is 5.97 Å². The highest BCUT2D eigenvalue weighted by molar-refractivity contribution is 5.90. The number of fused-ring (bicyclic) bond motifs is 1. The van der Waals surface area contributed by atoms with Crippen LogP contribution in [0.25, 0.3) is 0 Å². The van der Waals surface area contributed by atoms with Crippen LogP contribution in [-0.4, -0.2) is 25.8 Å². The molecule has 1 aliphatic carbocycles. The molecule has 0 amide bonds. The Morgan fingerprint density at radius 2 is 2.29 bits per heavy atom. The standard InChI is InChI=1S/C11H16O3/c1-13-11(12)9-7-14-10-6-4-2-3-5-8(9)10/h10H,2-7H2,1H3. The summed E-state index contributed by atoms with van der Waals surface area (Å²) in [6, 6.07) is 0. The van der Waals surface area contributed by atoms with Gasteiger partial charge in [0.2, 0.25) is 0 Å². The number of hydrogen-bond acceptors (Lipinski definition) is 3. The lowest BCUT2D eigenvalue weighted by Gasteiger charge is -2.09. The molecule has 3 nitrogen and oxygen atoms in total. The molecule has 0 aromatic carbocycles. The van der Waals surface area contributed by atoms with Crippen LogP contribution in [0.4, 0.5) is 0 Å². The van der Waals surface area contributed by atoms with Crippen LogP contribution in [0.1, 0.15) is 32.1 Å². The topological polar surface area (TPSA) is 35.5 Å². The van der Waals surface area contributed by atoms with Crippen molar-refractivity contribution in [2.24, 2.45) is 0 Å². The van der Waals surface area contributed by atoms with Crippen LogP contribution in [0.2, 0.25) is 0 Å². The molecule has 1 saturated carbocycles. The molecule has 14 heavy (non-hydrogen) atoms. The van der Waals surface area contributed by atoms with Gasteiger partial charge in [0.1, 0.15) is 0 Å². The van der Waals surface area contributed by atoms with Gasteiger partial charge in [0.25, 0.3) is 0 Å². The lowest BCUT2D eigenvalue weighted by molar-refractivity contribution is -0.136. The van der Waals surface area contributed by atoms with Gasteiger partial charge in [0, 0.05) is 0 Å². The zero-order chi connectivity index (χ0) is 9.97. The molecule has 3 heteroatoms. The lowest BCUT2D eigenvalue weighted by Crippen LogP contribution is -2.08. The fraction of sp³-hybridized carbons (Fsp3) is 0.727. The molecule has 1 atom stereocenters. The molecule has 1 fully saturated rings. The highest BCUT2D eigenvalue weighted by Gasteiger charge is 2.31. The van der Waals surface area contributed by atoms with Crippen LogP contribution in [0, 0.1) is 0 Å². The first-order valence-corrected chi connectivity index (χ1v) is 5.24. The lowest BCUT2D eigenvalue weighted by atomic mass is 10.0. The quantitative estimate of drug-likeness (QED) is 0.600. The Hall–Kier alpha value is -0.830. The summed E-state index contributed by atoms with van der Waals surface area (Å²) in [4.78, 5) is 11.4. The minimum atomic E-state index is -0.204. The van der Waals surface area contributed by atoms with Crippen molar-refractivity contribution in [3.63, 3.8) is 0 Å². The van der Waals surface area contributed by atoms with E-state index >= 15 is 0 Å². The first kappa shape index (κ1) is 9.71. The third-order valence-electron chi connectivity index (χ3n) is 3.05. The summed E-state index contributed by atoms with van der Waals surface area (Å²) in [6.07, 6.45) is 5.91. The van der Waals surface area contributed by atoms with Crippen molar-refractivity contribution in [2.75, 3.05) is 13.7 Å². The second-order valence-corrected chi connectivity index (χ2v) is 3.89. The monoisotopic (exact) mass is 196 g/mol. The molecule has 0 N–H and O–H groups in total. The van der Waals surface area contributed by atoms with Crippen LogP contribution < -0.4 is 0 Å². The van der Waals surface area contributed by atoms with Gasteiger partial charge < -0.3 is 9.47 Å². The fourth-order valence-electron chi connectivity index (χ4n) is 2.28. The van der Waals surface area contributed by atoms with Crippen molar-refractivity contribution < 1.29 is 14.3 Å². The van der Waals surface area contributed by atoms with Crippen molar-refractivity contribution in [2.45, 2.75) is 38.2 Å². The Labute approximate surface area is 84.1 Å². The second kappa shape index (κ2) is 4.13. The number of carbonyl (C=O) groups excluding carboxylic acids is 1. The minimum absolute atomic E-state index is 0.201. The normalized spacial score (nSPS) is 27.1. The minimum Gasteiger partial charge on any atom is -0.466 e. The summed E-state index contributed by atoms with van der Waals surface area (Å²) < 4.78 is 10.3. The first-order chi connectivity index (χ1) is 6.83. The van der Waals surface area contributed by atoms with Gasteiger partial charge in [-0.25, -0.2) is 4.79 Å². The zero-order valence-corrected chi connectivity index (χ0v) is 8.54. The molecule has 1 heterocycles. The smallest absolute Gasteiger partial charge is 0.336 e. The van der Waals surface area contributed by atoms with Crippen LogP contribution in [0.15, 0.2) is 11.1 Å². The van der Waals surface area contributed by atoms with Crippen molar-refractivity contribution in [3.8, 4) is 0 Å². The van der Waals surface area contributed by atoms with E-state index in [1.165, 1.54) is 31.9 Å². The molecule has 1 aliphatic heterocycles. The number of rotatable bonds is 1. The van der Waals surface area contributed by atoms with E-state index in [1.54, 1.807) is 0 Å². The predicted octanol–water partition coefficient (Wildman–Crippen LogP) is 1.82. The van der Waals surface area contributed by atoms with Gasteiger partial charge in [0.15, 0.2) is 0 Å². The van der Waals surface area contributed by atoms with E-state index in [1.807, 2.05) is 0 Å². The number of carbonyl (C=O) groups is 1. The summed E-state index contributed by atoms with van der Waals surface area (Å²) in [5.74, 6) is -0.204. The Morgan fingerprint density at radius 3 is 3.07 bits per heavy atom. The molecule has 0 bridgehead atoms. The van der Waals surface area contributed by atoms with E-state index in [0.29, 0.717) is 6.61 Å². The number of esters is 1. The highest BCUT2D eigenvalue weighted by atomic mass is 16.5. The molecule has 1 unspecified atom stereocenters. The van der Waals surface area contributed by atoms with E-state index < -0.39 is 0 Å². The van der Waals surface area contributed by atoms with Crippen molar-refractivity contribution in [3.05, 3.63) is 11.1 Å². The third kappa shape index (κ3) is 1.69. The number of ether oxygens (including phenoxy) is 2. The maximum atomic E-state index is 11.4. The molecular weight excluding hydrogens is 180 g/mol. The van der Waals surface area contributed by atoms with E-state index in [-0.39, 0.29) is 12.1 Å². The molecular formula is C11H16O3. The van der Waals surface area contributed by atoms with E-state index in [9.17, 15) is 4.79 Å². The number of hydrogen-bond donors (Lipinski definition) is 0. The molecule has 0 aromatic rings. The van der Waals surface area contributed by atoms with E-state index in [2.05, 4.69) is 0 Å². The van der Waals surface area contributed by atoms with Crippen molar-refractivity contribution in [1.29, 1.82) is 0 Å². The van der Waals surface area contributed by atoms with Crippen LogP contribution in [0.5, 0.6) is 0 Å². The van der Waals surface area contributed by atoms with Gasteiger partial charge in [-0.3, -0.25) is 0 Å². The summed E-state index contributed by atoms with van der Waals surface area (Å²) in [5, 5.41) is 0.